The van der Waals surface area contributed by atoms with Crippen LogP contribution in [-0.4, -0.2) is 19.8 Å². The van der Waals surface area contributed by atoms with Crippen LogP contribution in [0.15, 0.2) is 11.3 Å². The lowest BCUT2D eigenvalue weighted by Gasteiger charge is -2.17. The molecule has 0 spiro atoms. The topological polar surface area (TPSA) is 20.2 Å². The summed E-state index contributed by atoms with van der Waals surface area (Å²) in [6.45, 7) is 8.94. The molecule has 0 aliphatic carbocycles. The molecule has 0 aromatic rings. The third-order valence-electron chi connectivity index (χ3n) is 1.48. The molecule has 0 saturated carbocycles. The SMILES string of the molecule is C/C=C(/CO)[Si](C)(C)C. The van der Waals surface area contributed by atoms with Crippen molar-refractivity contribution in [1.29, 1.82) is 0 Å². The number of rotatable bonds is 2. The third-order valence-corrected chi connectivity index (χ3v) is 3.86. The van der Waals surface area contributed by atoms with Gasteiger partial charge in [0, 0.05) is 0 Å². The maximum atomic E-state index is 8.83. The van der Waals surface area contributed by atoms with Crippen LogP contribution in [0.25, 0.3) is 0 Å². The van der Waals surface area contributed by atoms with Gasteiger partial charge in [0.2, 0.25) is 0 Å². The van der Waals surface area contributed by atoms with Gasteiger partial charge in [-0.2, -0.15) is 0 Å². The van der Waals surface area contributed by atoms with E-state index in [9.17, 15) is 0 Å². The summed E-state index contributed by atoms with van der Waals surface area (Å²) in [7, 11) is -1.18. The number of hydrogen-bond acceptors (Lipinski definition) is 1. The van der Waals surface area contributed by atoms with E-state index in [0.29, 0.717) is 0 Å². The van der Waals surface area contributed by atoms with Crippen LogP contribution in [0.4, 0.5) is 0 Å². The number of aliphatic hydroxyl groups excluding tert-OH is 1. The van der Waals surface area contributed by atoms with Crippen LogP contribution < -0.4 is 0 Å². The lowest BCUT2D eigenvalue weighted by Crippen LogP contribution is -2.25. The van der Waals surface area contributed by atoms with Gasteiger partial charge in [0.25, 0.3) is 0 Å². The molecule has 1 nitrogen and oxygen atoms in total. The first-order valence-corrected chi connectivity index (χ1v) is 6.79. The lowest BCUT2D eigenvalue weighted by molar-refractivity contribution is 0.337. The molecule has 54 valence electrons. The van der Waals surface area contributed by atoms with E-state index >= 15 is 0 Å². The van der Waals surface area contributed by atoms with Gasteiger partial charge >= 0.3 is 0 Å². The van der Waals surface area contributed by atoms with Crippen molar-refractivity contribution in [2.24, 2.45) is 0 Å². The van der Waals surface area contributed by atoms with Crippen molar-refractivity contribution in [3.8, 4) is 0 Å². The van der Waals surface area contributed by atoms with Crippen molar-refractivity contribution in [2.75, 3.05) is 6.61 Å². The fourth-order valence-corrected chi connectivity index (χ4v) is 2.10. The van der Waals surface area contributed by atoms with Gasteiger partial charge in [0.05, 0.1) is 14.7 Å². The fourth-order valence-electron chi connectivity index (χ4n) is 0.761. The number of aliphatic hydroxyl groups is 1. The number of allylic oxidation sites excluding steroid dienone is 1. The standard InChI is InChI=1S/C7H16OSi/c1-5-7(6-8)9(2,3)4/h5,8H,6H2,1-4H3/b7-5-. The molecule has 0 atom stereocenters. The van der Waals surface area contributed by atoms with Crippen LogP contribution in [0.5, 0.6) is 0 Å². The Balaban J connectivity index is 4.14. The molecule has 9 heavy (non-hydrogen) atoms. The molecule has 0 saturated heterocycles. The minimum absolute atomic E-state index is 0.242. The van der Waals surface area contributed by atoms with E-state index in [2.05, 4.69) is 19.6 Å². The second kappa shape index (κ2) is 3.18. The molecule has 1 N–H and O–H groups in total. The van der Waals surface area contributed by atoms with Gasteiger partial charge in [-0.05, 0) is 6.92 Å². The van der Waals surface area contributed by atoms with E-state index in [4.69, 9.17) is 5.11 Å². The zero-order chi connectivity index (χ0) is 7.49. The zero-order valence-electron chi connectivity index (χ0n) is 6.73. The molecule has 0 aliphatic heterocycles. The monoisotopic (exact) mass is 144 g/mol. The van der Waals surface area contributed by atoms with Crippen LogP contribution in [0.3, 0.4) is 0 Å². The van der Waals surface area contributed by atoms with Crippen molar-refractivity contribution >= 4 is 8.07 Å². The Morgan fingerprint density at radius 3 is 1.89 bits per heavy atom. The molecule has 0 radical (unpaired) electrons. The second-order valence-electron chi connectivity index (χ2n) is 3.22. The summed E-state index contributed by atoms with van der Waals surface area (Å²) in [6.07, 6.45) is 2.03. The molecule has 0 bridgehead atoms. The maximum absolute atomic E-state index is 8.83. The molecule has 0 rings (SSSR count). The normalized spacial score (nSPS) is 14.1. The summed E-state index contributed by atoms with van der Waals surface area (Å²) >= 11 is 0. The van der Waals surface area contributed by atoms with E-state index < -0.39 is 8.07 Å². The summed E-state index contributed by atoms with van der Waals surface area (Å²) in [5.41, 5.74) is 0. The van der Waals surface area contributed by atoms with E-state index in [1.165, 1.54) is 5.20 Å². The highest BCUT2D eigenvalue weighted by molar-refractivity contribution is 6.83. The Bertz CT molecular complexity index is 111. The molecular weight excluding hydrogens is 128 g/mol. The Morgan fingerprint density at radius 2 is 1.89 bits per heavy atom. The van der Waals surface area contributed by atoms with Crippen molar-refractivity contribution in [1.82, 2.24) is 0 Å². The zero-order valence-corrected chi connectivity index (χ0v) is 7.73. The summed E-state index contributed by atoms with van der Waals surface area (Å²) in [6, 6.07) is 0. The lowest BCUT2D eigenvalue weighted by atomic mass is 10.5. The van der Waals surface area contributed by atoms with Crippen molar-refractivity contribution in [3.63, 3.8) is 0 Å². The molecular formula is C7H16OSi. The molecule has 0 aliphatic rings. The average molecular weight is 144 g/mol. The molecule has 0 fully saturated rings. The van der Waals surface area contributed by atoms with Crippen LogP contribution in [-0.2, 0) is 0 Å². The Labute approximate surface area is 58.4 Å². The van der Waals surface area contributed by atoms with Crippen molar-refractivity contribution < 1.29 is 5.11 Å². The fraction of sp³-hybridized carbons (Fsp3) is 0.714. The molecule has 2 heteroatoms. The van der Waals surface area contributed by atoms with Gasteiger partial charge in [-0.25, -0.2) is 0 Å². The Kier molecular flexibility index (Phi) is 3.15. The van der Waals surface area contributed by atoms with Crippen molar-refractivity contribution in [2.45, 2.75) is 26.6 Å². The van der Waals surface area contributed by atoms with Crippen LogP contribution in [0.2, 0.25) is 19.6 Å². The van der Waals surface area contributed by atoms with Crippen LogP contribution >= 0.6 is 0 Å². The summed E-state index contributed by atoms with van der Waals surface area (Å²) in [4.78, 5) is 0. The largest absolute Gasteiger partial charge is 0.392 e. The van der Waals surface area contributed by atoms with Gasteiger partial charge in [0.1, 0.15) is 0 Å². The molecule has 0 heterocycles. The average Bonchev–Trinajstić information content (AvgIpc) is 1.65. The second-order valence-corrected chi connectivity index (χ2v) is 8.36. The highest BCUT2D eigenvalue weighted by Gasteiger charge is 2.16. The predicted octanol–water partition coefficient (Wildman–Crippen LogP) is 1.80. The van der Waals surface area contributed by atoms with Crippen LogP contribution in [0.1, 0.15) is 6.92 Å². The first kappa shape index (κ1) is 8.92. The highest BCUT2D eigenvalue weighted by atomic mass is 28.3. The third kappa shape index (κ3) is 2.82. The van der Waals surface area contributed by atoms with Gasteiger partial charge < -0.3 is 5.11 Å². The van der Waals surface area contributed by atoms with Crippen LogP contribution in [0, 0.1) is 0 Å². The maximum Gasteiger partial charge on any atom is 0.0749 e. The minimum Gasteiger partial charge on any atom is -0.392 e. The molecule has 0 amide bonds. The minimum atomic E-state index is -1.18. The summed E-state index contributed by atoms with van der Waals surface area (Å²) in [5, 5.41) is 10.1. The van der Waals surface area contributed by atoms with Gasteiger partial charge in [-0.1, -0.05) is 30.9 Å². The van der Waals surface area contributed by atoms with E-state index in [-0.39, 0.29) is 6.61 Å². The van der Waals surface area contributed by atoms with E-state index in [1.807, 2.05) is 13.0 Å². The quantitative estimate of drug-likeness (QED) is 0.586. The van der Waals surface area contributed by atoms with Crippen molar-refractivity contribution in [3.05, 3.63) is 11.3 Å². The predicted molar refractivity (Wildman–Crippen MR) is 44.2 cm³/mol. The Hall–Kier alpha value is -0.0831. The Morgan fingerprint density at radius 1 is 1.44 bits per heavy atom. The first-order chi connectivity index (χ1) is 4.02. The van der Waals surface area contributed by atoms with E-state index in [0.717, 1.165) is 0 Å². The van der Waals surface area contributed by atoms with Gasteiger partial charge in [-0.15, -0.1) is 0 Å². The molecule has 0 aromatic heterocycles. The highest BCUT2D eigenvalue weighted by Crippen LogP contribution is 2.12. The van der Waals surface area contributed by atoms with Gasteiger partial charge in [0.15, 0.2) is 0 Å². The summed E-state index contributed by atoms with van der Waals surface area (Å²) in [5.74, 6) is 0. The molecule has 0 unspecified atom stereocenters. The molecule has 0 aromatic carbocycles. The number of hydrogen-bond donors (Lipinski definition) is 1. The van der Waals surface area contributed by atoms with E-state index in [1.54, 1.807) is 0 Å². The smallest absolute Gasteiger partial charge is 0.0749 e. The first-order valence-electron chi connectivity index (χ1n) is 3.29. The van der Waals surface area contributed by atoms with Gasteiger partial charge in [-0.3, -0.25) is 0 Å². The summed E-state index contributed by atoms with van der Waals surface area (Å²) < 4.78 is 0.